The molecular weight excluding hydrogens is 351 g/mol. The van der Waals surface area contributed by atoms with Crippen LogP contribution in [0.2, 0.25) is 0 Å². The molecular formula is C19H17FN4O3. The highest BCUT2D eigenvalue weighted by Gasteiger charge is 2.32. The average Bonchev–Trinajstić information content (AvgIpc) is 3.20. The quantitative estimate of drug-likeness (QED) is 0.655. The monoisotopic (exact) mass is 368 g/mol. The third-order valence-corrected chi connectivity index (χ3v) is 4.46. The summed E-state index contributed by atoms with van der Waals surface area (Å²) in [7, 11) is 3.09. The van der Waals surface area contributed by atoms with Crippen molar-refractivity contribution < 1.29 is 19.0 Å². The lowest BCUT2D eigenvalue weighted by atomic mass is 10.2. The Kier molecular flexibility index (Phi) is 3.95. The predicted octanol–water partition coefficient (Wildman–Crippen LogP) is 3.49. The van der Waals surface area contributed by atoms with Gasteiger partial charge in [0.05, 0.1) is 43.1 Å². The summed E-state index contributed by atoms with van der Waals surface area (Å²) in [6.07, 6.45) is 0. The number of aliphatic hydroxyl groups excluding tert-OH is 1. The van der Waals surface area contributed by atoms with Gasteiger partial charge in [0.15, 0.2) is 0 Å². The predicted molar refractivity (Wildman–Crippen MR) is 100 cm³/mol. The summed E-state index contributed by atoms with van der Waals surface area (Å²) in [5.74, 6) is 1.13. The second-order valence-corrected chi connectivity index (χ2v) is 6.04. The van der Waals surface area contributed by atoms with Crippen LogP contribution in [0.1, 0.15) is 5.82 Å². The highest BCUT2D eigenvalue weighted by atomic mass is 19.1. The van der Waals surface area contributed by atoms with Crippen LogP contribution in [0, 0.1) is 11.2 Å². The van der Waals surface area contributed by atoms with E-state index < -0.39 is 0 Å². The van der Waals surface area contributed by atoms with E-state index in [2.05, 4.69) is 9.97 Å². The molecule has 0 aliphatic carbocycles. The molecule has 3 N–H and O–H groups in total. The van der Waals surface area contributed by atoms with E-state index in [9.17, 15) is 9.50 Å². The Morgan fingerprint density at radius 3 is 2.74 bits per heavy atom. The van der Waals surface area contributed by atoms with E-state index in [1.807, 2.05) is 0 Å². The number of hydrogen-bond donors (Lipinski definition) is 3. The van der Waals surface area contributed by atoms with Gasteiger partial charge in [-0.3, -0.25) is 5.41 Å². The van der Waals surface area contributed by atoms with Crippen molar-refractivity contribution in [1.82, 2.24) is 9.97 Å². The molecule has 7 nitrogen and oxygen atoms in total. The lowest BCUT2D eigenvalue weighted by Crippen LogP contribution is -2.26. The smallest absolute Gasteiger partial charge is 0.146 e. The Bertz CT molecular complexity index is 1090. The molecule has 0 spiro atoms. The van der Waals surface area contributed by atoms with Crippen LogP contribution in [0.15, 0.2) is 42.2 Å². The lowest BCUT2D eigenvalue weighted by molar-refractivity contribution is 0.393. The first-order valence-electron chi connectivity index (χ1n) is 8.18. The number of nitrogens with zero attached hydrogens (tertiary/aromatic N) is 2. The van der Waals surface area contributed by atoms with E-state index in [1.165, 1.54) is 19.2 Å². The third-order valence-electron chi connectivity index (χ3n) is 4.46. The van der Waals surface area contributed by atoms with Gasteiger partial charge in [-0.25, -0.2) is 9.37 Å². The number of imidazole rings is 1. The standard InChI is InChI=1S/C19H17FN4O3/c1-26-11-4-6-14(16(8-11)27-2)24-9-15(25)17(18(24)21)19-22-12-5-3-10(20)7-13(12)23-19/h3-8,21,25H,9H2,1-2H3,(H,22,23). The Morgan fingerprint density at radius 1 is 1.19 bits per heavy atom. The first-order chi connectivity index (χ1) is 13.0. The van der Waals surface area contributed by atoms with Gasteiger partial charge in [-0.05, 0) is 30.3 Å². The third kappa shape index (κ3) is 2.75. The zero-order valence-electron chi connectivity index (χ0n) is 14.7. The highest BCUT2D eigenvalue weighted by Crippen LogP contribution is 2.37. The molecule has 0 unspecified atom stereocenters. The number of aliphatic hydroxyl groups is 1. The molecule has 8 heteroatoms. The van der Waals surface area contributed by atoms with Crippen molar-refractivity contribution in [1.29, 1.82) is 5.41 Å². The van der Waals surface area contributed by atoms with Gasteiger partial charge < -0.3 is 24.5 Å². The number of ether oxygens (including phenoxy) is 2. The Hall–Kier alpha value is -3.55. The van der Waals surface area contributed by atoms with Crippen molar-refractivity contribution in [2.45, 2.75) is 0 Å². The van der Waals surface area contributed by atoms with Crippen LogP contribution in [-0.2, 0) is 0 Å². The van der Waals surface area contributed by atoms with E-state index in [4.69, 9.17) is 14.9 Å². The second kappa shape index (κ2) is 6.31. The van der Waals surface area contributed by atoms with Gasteiger partial charge >= 0.3 is 0 Å². The van der Waals surface area contributed by atoms with Crippen LogP contribution < -0.4 is 14.4 Å². The fraction of sp³-hybridized carbons (Fsp3) is 0.158. The highest BCUT2D eigenvalue weighted by molar-refractivity contribution is 6.30. The Balaban J connectivity index is 1.72. The number of rotatable bonds is 4. The van der Waals surface area contributed by atoms with Gasteiger partial charge in [-0.2, -0.15) is 0 Å². The van der Waals surface area contributed by atoms with E-state index in [1.54, 1.807) is 36.3 Å². The largest absolute Gasteiger partial charge is 0.509 e. The number of hydrogen-bond acceptors (Lipinski definition) is 5. The molecule has 1 aliphatic heterocycles. The van der Waals surface area contributed by atoms with Crippen molar-refractivity contribution in [3.63, 3.8) is 0 Å². The minimum Gasteiger partial charge on any atom is -0.509 e. The molecule has 0 bridgehead atoms. The molecule has 0 amide bonds. The molecule has 0 saturated heterocycles. The first-order valence-corrected chi connectivity index (χ1v) is 8.18. The minimum absolute atomic E-state index is 0.00241. The average molecular weight is 368 g/mol. The zero-order valence-corrected chi connectivity index (χ0v) is 14.7. The number of aromatic nitrogens is 2. The molecule has 1 aliphatic rings. The summed E-state index contributed by atoms with van der Waals surface area (Å²) in [6, 6.07) is 9.41. The number of nitrogens with one attached hydrogen (secondary N) is 2. The van der Waals surface area contributed by atoms with E-state index in [0.29, 0.717) is 34.0 Å². The van der Waals surface area contributed by atoms with Gasteiger partial charge in [0.2, 0.25) is 0 Å². The molecule has 0 atom stereocenters. The molecule has 2 heterocycles. The minimum atomic E-state index is -0.387. The molecule has 2 aromatic carbocycles. The van der Waals surface area contributed by atoms with Crippen molar-refractivity contribution in [2.24, 2.45) is 0 Å². The van der Waals surface area contributed by atoms with Crippen LogP contribution in [0.25, 0.3) is 16.6 Å². The summed E-state index contributed by atoms with van der Waals surface area (Å²) in [4.78, 5) is 8.95. The van der Waals surface area contributed by atoms with Crippen molar-refractivity contribution in [2.75, 3.05) is 25.7 Å². The van der Waals surface area contributed by atoms with Crippen LogP contribution in [0.3, 0.4) is 0 Å². The molecule has 27 heavy (non-hydrogen) atoms. The van der Waals surface area contributed by atoms with Crippen molar-refractivity contribution >= 4 is 28.1 Å². The van der Waals surface area contributed by atoms with Gasteiger partial charge in [0.1, 0.15) is 34.7 Å². The number of benzene rings is 2. The molecule has 1 aromatic heterocycles. The SMILES string of the molecule is COc1ccc(N2CC(O)=C(c3nc4ccc(F)cc4[nH]3)C2=N)c(OC)c1. The Labute approximate surface area is 154 Å². The van der Waals surface area contributed by atoms with E-state index in [0.717, 1.165) is 0 Å². The first kappa shape index (κ1) is 16.9. The maximum absolute atomic E-state index is 13.4. The molecule has 0 radical (unpaired) electrons. The van der Waals surface area contributed by atoms with Crippen LogP contribution in [0.4, 0.5) is 10.1 Å². The zero-order chi connectivity index (χ0) is 19.1. The summed E-state index contributed by atoms with van der Waals surface area (Å²) in [5, 5.41) is 19.0. The summed E-state index contributed by atoms with van der Waals surface area (Å²) in [6.45, 7) is 0.0995. The number of halogens is 1. The van der Waals surface area contributed by atoms with Gasteiger partial charge in [0.25, 0.3) is 0 Å². The molecule has 138 valence electrons. The number of H-pyrrole nitrogens is 1. The summed E-state index contributed by atoms with van der Waals surface area (Å²) < 4.78 is 24.0. The topological polar surface area (TPSA) is 94.5 Å². The number of fused-ring (bicyclic) bond motifs is 1. The fourth-order valence-electron chi connectivity index (χ4n) is 3.14. The summed E-state index contributed by atoms with van der Waals surface area (Å²) >= 11 is 0. The van der Waals surface area contributed by atoms with Gasteiger partial charge in [-0.15, -0.1) is 0 Å². The second-order valence-electron chi connectivity index (χ2n) is 6.04. The number of aromatic amines is 1. The van der Waals surface area contributed by atoms with Crippen molar-refractivity contribution in [3.05, 3.63) is 53.8 Å². The van der Waals surface area contributed by atoms with E-state index >= 15 is 0 Å². The maximum Gasteiger partial charge on any atom is 0.146 e. The number of amidine groups is 1. The number of methoxy groups -OCH3 is 2. The van der Waals surface area contributed by atoms with Crippen LogP contribution in [-0.4, -0.2) is 41.7 Å². The fourth-order valence-corrected chi connectivity index (χ4v) is 3.14. The Morgan fingerprint density at radius 2 is 2.00 bits per heavy atom. The maximum atomic E-state index is 13.4. The molecule has 3 aromatic rings. The van der Waals surface area contributed by atoms with Gasteiger partial charge in [0, 0.05) is 6.07 Å². The molecule has 4 rings (SSSR count). The lowest BCUT2D eigenvalue weighted by Gasteiger charge is -2.21. The number of anilines is 1. The van der Waals surface area contributed by atoms with E-state index in [-0.39, 0.29) is 29.5 Å². The van der Waals surface area contributed by atoms with Gasteiger partial charge in [-0.1, -0.05) is 0 Å². The van der Waals surface area contributed by atoms with Crippen molar-refractivity contribution in [3.8, 4) is 11.5 Å². The van der Waals surface area contributed by atoms with Crippen LogP contribution >= 0.6 is 0 Å². The van der Waals surface area contributed by atoms with Crippen LogP contribution in [0.5, 0.6) is 11.5 Å². The summed E-state index contributed by atoms with van der Waals surface area (Å²) in [5.41, 5.74) is 1.94. The normalized spacial score (nSPS) is 14.3. The molecule has 0 saturated carbocycles. The molecule has 0 fully saturated rings.